The second kappa shape index (κ2) is 6.80. The fraction of sp³-hybridized carbons (Fsp3) is 0.625. The molecule has 0 unspecified atom stereocenters. The Morgan fingerprint density at radius 3 is 2.12 bits per heavy atom. The highest BCUT2D eigenvalue weighted by Gasteiger charge is 2.07. The van der Waals surface area contributed by atoms with Crippen molar-refractivity contribution >= 4 is 0 Å². The van der Waals surface area contributed by atoms with Crippen LogP contribution in [-0.4, -0.2) is 24.5 Å². The van der Waals surface area contributed by atoms with E-state index in [0.29, 0.717) is 0 Å². The topological polar surface area (TPSA) is 3.24 Å². The zero-order valence-corrected chi connectivity index (χ0v) is 11.1. The van der Waals surface area contributed by atoms with E-state index in [4.69, 9.17) is 0 Å². The molecule has 1 heteroatoms. The maximum absolute atomic E-state index is 2.65. The minimum Gasteiger partial charge on any atom is -0.303 e. The average Bonchev–Trinajstić information content (AvgIpc) is 2.30. The fourth-order valence-corrected chi connectivity index (χ4v) is 2.58. The number of benzene rings is 1. The van der Waals surface area contributed by atoms with Gasteiger partial charge in [-0.1, -0.05) is 49.1 Å². The monoisotopic (exact) mass is 231 g/mol. The Hall–Kier alpha value is -0.820. The molecule has 1 heterocycles. The third-order valence-electron chi connectivity index (χ3n) is 3.79. The van der Waals surface area contributed by atoms with Crippen molar-refractivity contribution in [2.24, 2.45) is 0 Å². The first-order valence-corrected chi connectivity index (χ1v) is 7.12. The number of hydrogen-bond acceptors (Lipinski definition) is 1. The molecule has 17 heavy (non-hydrogen) atoms. The molecule has 1 aromatic carbocycles. The van der Waals surface area contributed by atoms with E-state index in [1.165, 1.54) is 69.3 Å². The van der Waals surface area contributed by atoms with Gasteiger partial charge in [0.15, 0.2) is 0 Å². The lowest BCUT2D eigenvalue weighted by Gasteiger charge is -2.24. The van der Waals surface area contributed by atoms with Crippen molar-refractivity contribution in [3.63, 3.8) is 0 Å². The molecule has 94 valence electrons. The van der Waals surface area contributed by atoms with E-state index in [0.717, 1.165) is 0 Å². The van der Waals surface area contributed by atoms with E-state index in [9.17, 15) is 0 Å². The Kier molecular flexibility index (Phi) is 5.06. The number of rotatable bonds is 3. The average molecular weight is 231 g/mol. The Labute approximate surface area is 106 Å². The van der Waals surface area contributed by atoms with Crippen LogP contribution in [0.1, 0.15) is 43.2 Å². The molecule has 1 fully saturated rings. The maximum atomic E-state index is 2.65. The summed E-state index contributed by atoms with van der Waals surface area (Å²) in [7, 11) is 0. The van der Waals surface area contributed by atoms with Crippen LogP contribution in [0.3, 0.4) is 0 Å². The first kappa shape index (κ1) is 12.6. The highest BCUT2D eigenvalue weighted by atomic mass is 15.1. The Morgan fingerprint density at radius 1 is 0.882 bits per heavy atom. The number of likely N-dealkylation sites (tertiary alicyclic amines) is 1. The molecular weight excluding hydrogens is 206 g/mol. The van der Waals surface area contributed by atoms with Crippen molar-refractivity contribution in [1.82, 2.24) is 4.90 Å². The van der Waals surface area contributed by atoms with Crippen molar-refractivity contribution in [2.45, 2.75) is 45.4 Å². The van der Waals surface area contributed by atoms with Gasteiger partial charge in [0.2, 0.25) is 0 Å². The highest BCUT2D eigenvalue weighted by molar-refractivity contribution is 5.21. The van der Waals surface area contributed by atoms with Gasteiger partial charge in [0.25, 0.3) is 0 Å². The third kappa shape index (κ3) is 4.51. The van der Waals surface area contributed by atoms with E-state index < -0.39 is 0 Å². The van der Waals surface area contributed by atoms with Crippen LogP contribution < -0.4 is 0 Å². The lowest BCUT2D eigenvalue weighted by Crippen LogP contribution is -2.29. The molecule has 0 saturated carbocycles. The normalized spacial score (nSPS) is 18.6. The summed E-state index contributed by atoms with van der Waals surface area (Å²) in [6, 6.07) is 9.00. The molecule has 1 saturated heterocycles. The van der Waals surface area contributed by atoms with Gasteiger partial charge in [0.1, 0.15) is 0 Å². The number of nitrogens with zero attached hydrogens (tertiary/aromatic N) is 1. The van der Waals surface area contributed by atoms with Crippen LogP contribution in [0.5, 0.6) is 0 Å². The fourth-order valence-electron chi connectivity index (χ4n) is 2.58. The lowest BCUT2D eigenvalue weighted by atomic mass is 10.1. The first-order valence-electron chi connectivity index (χ1n) is 7.12. The van der Waals surface area contributed by atoms with Crippen molar-refractivity contribution in [2.75, 3.05) is 19.6 Å². The van der Waals surface area contributed by atoms with E-state index >= 15 is 0 Å². The second-order valence-electron chi connectivity index (χ2n) is 5.35. The minimum atomic E-state index is 1.21. The molecule has 0 aromatic heterocycles. The molecule has 2 rings (SSSR count). The molecule has 1 aliphatic heterocycles. The van der Waals surface area contributed by atoms with Gasteiger partial charge in [0.05, 0.1) is 0 Å². The van der Waals surface area contributed by atoms with Crippen molar-refractivity contribution in [3.05, 3.63) is 35.4 Å². The van der Waals surface area contributed by atoms with Crippen LogP contribution in [0, 0.1) is 6.92 Å². The molecule has 0 spiro atoms. The molecule has 0 amide bonds. The molecule has 1 aromatic rings. The van der Waals surface area contributed by atoms with Crippen LogP contribution in [-0.2, 0) is 6.42 Å². The molecule has 1 nitrogen and oxygen atoms in total. The zero-order valence-electron chi connectivity index (χ0n) is 11.1. The Balaban J connectivity index is 1.77. The van der Waals surface area contributed by atoms with E-state index in [-0.39, 0.29) is 0 Å². The van der Waals surface area contributed by atoms with Crippen LogP contribution >= 0.6 is 0 Å². The Bertz CT molecular complexity index is 307. The largest absolute Gasteiger partial charge is 0.303 e. The number of aryl methyl sites for hydroxylation is 1. The van der Waals surface area contributed by atoms with E-state index in [2.05, 4.69) is 36.1 Å². The molecule has 0 atom stereocenters. The molecule has 0 aliphatic carbocycles. The van der Waals surface area contributed by atoms with Gasteiger partial charge in [-0.3, -0.25) is 0 Å². The quantitative estimate of drug-likeness (QED) is 0.764. The van der Waals surface area contributed by atoms with Gasteiger partial charge >= 0.3 is 0 Å². The molecule has 0 bridgehead atoms. The van der Waals surface area contributed by atoms with Gasteiger partial charge in [-0.05, 0) is 44.8 Å². The molecule has 1 aliphatic rings. The van der Waals surface area contributed by atoms with Crippen LogP contribution in [0.25, 0.3) is 0 Å². The summed E-state index contributed by atoms with van der Waals surface area (Å²) in [6.07, 6.45) is 8.32. The second-order valence-corrected chi connectivity index (χ2v) is 5.35. The maximum Gasteiger partial charge on any atom is 0.00218 e. The zero-order chi connectivity index (χ0) is 11.9. The predicted octanol–water partition coefficient (Wildman–Crippen LogP) is 3.80. The third-order valence-corrected chi connectivity index (χ3v) is 3.79. The number of hydrogen-bond donors (Lipinski definition) is 0. The summed E-state index contributed by atoms with van der Waals surface area (Å²) >= 11 is 0. The smallest absolute Gasteiger partial charge is 0.00218 e. The van der Waals surface area contributed by atoms with E-state index in [1.807, 2.05) is 0 Å². The summed E-state index contributed by atoms with van der Waals surface area (Å²) in [5.74, 6) is 0. The summed E-state index contributed by atoms with van der Waals surface area (Å²) < 4.78 is 0. The van der Waals surface area contributed by atoms with Gasteiger partial charge in [-0.2, -0.15) is 0 Å². The molecule has 0 N–H and O–H groups in total. The van der Waals surface area contributed by atoms with Crippen molar-refractivity contribution in [1.29, 1.82) is 0 Å². The van der Waals surface area contributed by atoms with Gasteiger partial charge < -0.3 is 4.90 Å². The van der Waals surface area contributed by atoms with Crippen LogP contribution in [0.2, 0.25) is 0 Å². The Morgan fingerprint density at radius 2 is 1.47 bits per heavy atom. The lowest BCUT2D eigenvalue weighted by molar-refractivity contribution is 0.250. The molecule has 0 radical (unpaired) electrons. The summed E-state index contributed by atoms with van der Waals surface area (Å²) in [4.78, 5) is 2.65. The predicted molar refractivity (Wildman–Crippen MR) is 74.4 cm³/mol. The standard InChI is InChI=1S/C16H25N/c1-15-7-9-16(10-8-15)11-14-17-12-5-3-2-4-6-13-17/h7-10H,2-6,11-14H2,1H3. The van der Waals surface area contributed by atoms with Crippen molar-refractivity contribution in [3.8, 4) is 0 Å². The first-order chi connectivity index (χ1) is 8.34. The van der Waals surface area contributed by atoms with Crippen molar-refractivity contribution < 1.29 is 0 Å². The summed E-state index contributed by atoms with van der Waals surface area (Å²) in [5, 5.41) is 0. The summed E-state index contributed by atoms with van der Waals surface area (Å²) in [5.41, 5.74) is 2.85. The van der Waals surface area contributed by atoms with Crippen LogP contribution in [0.15, 0.2) is 24.3 Å². The van der Waals surface area contributed by atoms with Gasteiger partial charge in [-0.15, -0.1) is 0 Å². The minimum absolute atomic E-state index is 1.21. The van der Waals surface area contributed by atoms with E-state index in [1.54, 1.807) is 0 Å². The van der Waals surface area contributed by atoms with Crippen LogP contribution in [0.4, 0.5) is 0 Å². The SMILES string of the molecule is Cc1ccc(CCN2CCCCCCC2)cc1. The molecular formula is C16H25N. The van der Waals surface area contributed by atoms with Gasteiger partial charge in [0, 0.05) is 6.54 Å². The van der Waals surface area contributed by atoms with Gasteiger partial charge in [-0.25, -0.2) is 0 Å². The highest BCUT2D eigenvalue weighted by Crippen LogP contribution is 2.11. The summed E-state index contributed by atoms with van der Waals surface area (Å²) in [6.45, 7) is 6.02.